The van der Waals surface area contributed by atoms with Gasteiger partial charge in [-0.05, 0) is 48.6 Å². The molecule has 1 fully saturated rings. The van der Waals surface area contributed by atoms with Crippen LogP contribution in [0.5, 0.6) is 5.75 Å². The second-order valence-corrected chi connectivity index (χ2v) is 9.13. The van der Waals surface area contributed by atoms with Crippen molar-refractivity contribution in [2.45, 2.75) is 50.5 Å². The van der Waals surface area contributed by atoms with Crippen molar-refractivity contribution < 1.29 is 28.2 Å². The van der Waals surface area contributed by atoms with E-state index in [-0.39, 0.29) is 31.9 Å². The van der Waals surface area contributed by atoms with E-state index < -0.39 is 23.6 Å². The molecule has 38 heavy (non-hydrogen) atoms. The largest absolute Gasteiger partial charge is 0.489 e. The zero-order valence-corrected chi connectivity index (χ0v) is 21.1. The Morgan fingerprint density at radius 1 is 1.03 bits per heavy atom. The summed E-state index contributed by atoms with van der Waals surface area (Å²) >= 11 is 0. The Kier molecular flexibility index (Phi) is 8.59. The zero-order valence-electron chi connectivity index (χ0n) is 21.1. The number of hydrogen-bond donors (Lipinski definition) is 0. The van der Waals surface area contributed by atoms with E-state index in [4.69, 9.17) is 14.2 Å². The van der Waals surface area contributed by atoms with Crippen LogP contribution in [0.4, 0.5) is 9.18 Å². The SMILES string of the molecule is COC(=O)[C@]1(CC#N)CCC[C@H](c2ccc(OCc3ccccc3F)cc2)N1C(=O)OCc1ccccc1. The van der Waals surface area contributed by atoms with Gasteiger partial charge < -0.3 is 14.2 Å². The number of carbonyl (C=O) groups is 2. The maximum Gasteiger partial charge on any atom is 0.411 e. The first-order valence-electron chi connectivity index (χ1n) is 12.4. The summed E-state index contributed by atoms with van der Waals surface area (Å²) in [6.07, 6.45) is 0.545. The van der Waals surface area contributed by atoms with Crippen LogP contribution in [0.2, 0.25) is 0 Å². The third-order valence-corrected chi connectivity index (χ3v) is 6.80. The predicted molar refractivity (Wildman–Crippen MR) is 137 cm³/mol. The average molecular weight is 517 g/mol. The number of carbonyl (C=O) groups excluding carboxylic acids is 2. The van der Waals surface area contributed by atoms with Crippen molar-refractivity contribution in [2.24, 2.45) is 0 Å². The van der Waals surface area contributed by atoms with Crippen LogP contribution in [-0.4, -0.2) is 29.6 Å². The number of likely N-dealkylation sites (tertiary alicyclic amines) is 1. The smallest absolute Gasteiger partial charge is 0.411 e. The molecular formula is C30H29FN2O5. The van der Waals surface area contributed by atoms with Gasteiger partial charge in [-0.1, -0.05) is 60.7 Å². The molecule has 2 atom stereocenters. The van der Waals surface area contributed by atoms with Gasteiger partial charge in [0, 0.05) is 5.56 Å². The van der Waals surface area contributed by atoms with Crippen molar-refractivity contribution in [1.29, 1.82) is 5.26 Å². The third kappa shape index (κ3) is 5.78. The molecule has 1 aliphatic rings. The Morgan fingerprint density at radius 2 is 1.74 bits per heavy atom. The maximum absolute atomic E-state index is 13.9. The summed E-state index contributed by atoms with van der Waals surface area (Å²) in [5.74, 6) is -0.458. The average Bonchev–Trinajstić information content (AvgIpc) is 2.96. The lowest BCUT2D eigenvalue weighted by Crippen LogP contribution is -2.60. The minimum Gasteiger partial charge on any atom is -0.489 e. The highest BCUT2D eigenvalue weighted by molar-refractivity contribution is 5.86. The van der Waals surface area contributed by atoms with Gasteiger partial charge in [0.25, 0.3) is 0 Å². The molecule has 1 aliphatic heterocycles. The molecule has 1 amide bonds. The molecule has 7 nitrogen and oxygen atoms in total. The van der Waals surface area contributed by atoms with Crippen LogP contribution in [0.15, 0.2) is 78.9 Å². The molecular weight excluding hydrogens is 487 g/mol. The second-order valence-electron chi connectivity index (χ2n) is 9.13. The highest BCUT2D eigenvalue weighted by Crippen LogP contribution is 2.43. The molecule has 0 N–H and O–H groups in total. The van der Waals surface area contributed by atoms with Gasteiger partial charge in [0.2, 0.25) is 0 Å². The van der Waals surface area contributed by atoms with Crippen molar-refractivity contribution in [3.05, 3.63) is 101 Å². The van der Waals surface area contributed by atoms with Gasteiger partial charge in [-0.2, -0.15) is 5.26 Å². The molecule has 0 unspecified atom stereocenters. The number of nitrogens with zero attached hydrogens (tertiary/aromatic N) is 2. The van der Waals surface area contributed by atoms with Gasteiger partial charge in [0.15, 0.2) is 5.54 Å². The number of methoxy groups -OCH3 is 1. The van der Waals surface area contributed by atoms with Crippen LogP contribution in [0, 0.1) is 17.1 Å². The summed E-state index contributed by atoms with van der Waals surface area (Å²) in [6.45, 7) is 0.0938. The number of nitriles is 1. The first-order valence-corrected chi connectivity index (χ1v) is 12.4. The number of ether oxygens (including phenoxy) is 3. The Bertz CT molecular complexity index is 1290. The van der Waals surface area contributed by atoms with Crippen LogP contribution in [0.1, 0.15) is 48.4 Å². The Balaban J connectivity index is 1.59. The van der Waals surface area contributed by atoms with E-state index in [0.29, 0.717) is 24.2 Å². The summed E-state index contributed by atoms with van der Waals surface area (Å²) in [6, 6.07) is 24.3. The van der Waals surface area contributed by atoms with E-state index >= 15 is 0 Å². The maximum atomic E-state index is 13.9. The highest BCUT2D eigenvalue weighted by atomic mass is 19.1. The van der Waals surface area contributed by atoms with E-state index in [1.165, 1.54) is 18.1 Å². The van der Waals surface area contributed by atoms with Crippen LogP contribution in [0.25, 0.3) is 0 Å². The Hall–Kier alpha value is -4.38. The molecule has 0 saturated carbocycles. The minimum atomic E-state index is -1.47. The number of hydrogen-bond acceptors (Lipinski definition) is 6. The van der Waals surface area contributed by atoms with Crippen LogP contribution >= 0.6 is 0 Å². The monoisotopic (exact) mass is 516 g/mol. The molecule has 1 saturated heterocycles. The highest BCUT2D eigenvalue weighted by Gasteiger charge is 2.53. The van der Waals surface area contributed by atoms with E-state index in [2.05, 4.69) is 6.07 Å². The molecule has 0 bridgehead atoms. The lowest BCUT2D eigenvalue weighted by Gasteiger charge is -2.47. The van der Waals surface area contributed by atoms with E-state index in [9.17, 15) is 19.2 Å². The summed E-state index contributed by atoms with van der Waals surface area (Å²) in [4.78, 5) is 28.0. The van der Waals surface area contributed by atoms with Crippen LogP contribution < -0.4 is 4.74 Å². The van der Waals surface area contributed by atoms with E-state index in [1.54, 1.807) is 42.5 Å². The van der Waals surface area contributed by atoms with Crippen LogP contribution in [-0.2, 0) is 27.5 Å². The standard InChI is InChI=1S/C30H29FN2O5/c1-36-28(34)30(18-19-32)17-7-12-27(33(30)29(35)38-20-22-8-3-2-4-9-22)23-13-15-25(16-14-23)37-21-24-10-5-6-11-26(24)31/h2-6,8-11,13-16,27H,7,12,17-18,20-21H2,1H3/t27-,30-/m1/s1. The minimum absolute atomic E-state index is 0.0233. The fourth-order valence-electron chi connectivity index (χ4n) is 4.87. The molecule has 3 aromatic rings. The summed E-state index contributed by atoms with van der Waals surface area (Å²) in [5, 5.41) is 9.62. The van der Waals surface area contributed by atoms with E-state index in [1.807, 2.05) is 30.3 Å². The Morgan fingerprint density at radius 3 is 2.42 bits per heavy atom. The lowest BCUT2D eigenvalue weighted by atomic mass is 9.79. The molecule has 0 spiro atoms. The fourth-order valence-corrected chi connectivity index (χ4v) is 4.87. The zero-order chi connectivity index (χ0) is 27.0. The summed E-state index contributed by atoms with van der Waals surface area (Å²) in [7, 11) is 1.25. The van der Waals surface area contributed by atoms with Gasteiger partial charge in [-0.25, -0.2) is 14.0 Å². The fraction of sp³-hybridized carbons (Fsp3) is 0.300. The van der Waals surface area contributed by atoms with Gasteiger partial charge in [-0.15, -0.1) is 0 Å². The summed E-state index contributed by atoms with van der Waals surface area (Å²) in [5.41, 5.74) is 0.524. The van der Waals surface area contributed by atoms with Gasteiger partial charge >= 0.3 is 12.1 Å². The van der Waals surface area contributed by atoms with Crippen molar-refractivity contribution in [3.8, 4) is 11.8 Å². The van der Waals surface area contributed by atoms with Crippen molar-refractivity contribution in [2.75, 3.05) is 7.11 Å². The molecule has 0 aliphatic carbocycles. The number of esters is 1. The van der Waals surface area contributed by atoms with Gasteiger partial charge in [-0.3, -0.25) is 4.90 Å². The normalized spacial score (nSPS) is 18.8. The van der Waals surface area contributed by atoms with Crippen molar-refractivity contribution in [1.82, 2.24) is 4.90 Å². The topological polar surface area (TPSA) is 88.9 Å². The lowest BCUT2D eigenvalue weighted by molar-refractivity contribution is -0.159. The summed E-state index contributed by atoms with van der Waals surface area (Å²) < 4.78 is 30.4. The van der Waals surface area contributed by atoms with Gasteiger partial charge in [0.05, 0.1) is 25.6 Å². The quantitative estimate of drug-likeness (QED) is 0.337. The molecule has 8 heteroatoms. The first-order chi connectivity index (χ1) is 18.5. The molecule has 196 valence electrons. The van der Waals surface area contributed by atoms with Crippen LogP contribution in [0.3, 0.4) is 0 Å². The number of rotatable bonds is 8. The molecule has 4 rings (SSSR count). The van der Waals surface area contributed by atoms with E-state index in [0.717, 1.165) is 11.1 Å². The number of halogens is 1. The first kappa shape index (κ1) is 26.7. The van der Waals surface area contributed by atoms with Crippen molar-refractivity contribution in [3.63, 3.8) is 0 Å². The third-order valence-electron chi connectivity index (χ3n) is 6.80. The molecule has 1 heterocycles. The second kappa shape index (κ2) is 12.2. The number of piperidine rings is 1. The Labute approximate surface area is 221 Å². The number of benzene rings is 3. The molecule has 0 radical (unpaired) electrons. The van der Waals surface area contributed by atoms with Crippen molar-refractivity contribution >= 4 is 12.1 Å². The molecule has 0 aromatic heterocycles. The van der Waals surface area contributed by atoms with Gasteiger partial charge in [0.1, 0.15) is 24.8 Å². The number of amides is 1. The molecule has 3 aromatic carbocycles. The predicted octanol–water partition coefficient (Wildman–Crippen LogP) is 6.09.